The van der Waals surface area contributed by atoms with Crippen molar-refractivity contribution in [1.82, 2.24) is 0 Å². The van der Waals surface area contributed by atoms with Crippen molar-refractivity contribution < 1.29 is 38.2 Å². The fraction of sp³-hybridized carbons (Fsp3) is 0.378. The van der Waals surface area contributed by atoms with Crippen molar-refractivity contribution in [3.8, 4) is 5.75 Å². The van der Waals surface area contributed by atoms with Crippen LogP contribution in [-0.4, -0.2) is 47.8 Å². The zero-order valence-electron chi connectivity index (χ0n) is 26.8. The lowest BCUT2D eigenvalue weighted by molar-refractivity contribution is -0.160. The molecule has 0 bridgehead atoms. The molecule has 2 aliphatic heterocycles. The van der Waals surface area contributed by atoms with Crippen LogP contribution in [0.25, 0.3) is 0 Å². The van der Waals surface area contributed by atoms with Gasteiger partial charge in [0, 0.05) is 5.92 Å². The summed E-state index contributed by atoms with van der Waals surface area (Å²) < 4.78 is 17.4. The summed E-state index contributed by atoms with van der Waals surface area (Å²) in [5.41, 5.74) is 0.899. The average molecular weight is 624 g/mol. The van der Waals surface area contributed by atoms with E-state index in [2.05, 4.69) is 0 Å². The molecule has 0 saturated heterocycles. The van der Waals surface area contributed by atoms with Gasteiger partial charge in [-0.1, -0.05) is 59.7 Å². The number of benzene rings is 3. The molecule has 9 heteroatoms. The number of aryl methyl sites for hydroxylation is 2. The molecule has 9 nitrogen and oxygen atoms in total. The Morgan fingerprint density at radius 2 is 1.67 bits per heavy atom. The van der Waals surface area contributed by atoms with Crippen molar-refractivity contribution in [3.05, 3.63) is 94.5 Å². The highest BCUT2D eigenvalue weighted by Gasteiger charge is 2.68. The van der Waals surface area contributed by atoms with Gasteiger partial charge in [0.15, 0.2) is 5.78 Å². The van der Waals surface area contributed by atoms with Gasteiger partial charge in [0.2, 0.25) is 11.7 Å². The minimum atomic E-state index is -1.62. The smallest absolute Gasteiger partial charge is 0.421 e. The minimum Gasteiger partial charge on any atom is -0.488 e. The molecule has 2 heterocycles. The van der Waals surface area contributed by atoms with E-state index in [1.54, 1.807) is 70.2 Å². The molecule has 3 aromatic rings. The Hall–Kier alpha value is -4.79. The first-order valence-electron chi connectivity index (χ1n) is 15.5. The van der Waals surface area contributed by atoms with E-state index in [1.165, 1.54) is 0 Å². The highest BCUT2D eigenvalue weighted by molar-refractivity contribution is 6.35. The van der Waals surface area contributed by atoms with E-state index in [0.717, 1.165) is 16.0 Å². The van der Waals surface area contributed by atoms with Gasteiger partial charge < -0.3 is 14.2 Å². The maximum absolute atomic E-state index is 15.1. The van der Waals surface area contributed by atoms with Crippen LogP contribution in [0.15, 0.2) is 66.7 Å². The Morgan fingerprint density at radius 1 is 0.957 bits per heavy atom. The molecule has 1 spiro atoms. The number of amides is 2. The Morgan fingerprint density at radius 3 is 2.37 bits per heavy atom. The summed E-state index contributed by atoms with van der Waals surface area (Å²) in [7, 11) is 0. The molecule has 3 aromatic carbocycles. The summed E-state index contributed by atoms with van der Waals surface area (Å²) in [6.45, 7) is 10.4. The number of esters is 1. The molecule has 0 unspecified atom stereocenters. The van der Waals surface area contributed by atoms with Gasteiger partial charge in [-0.05, 0) is 77.3 Å². The Bertz CT molecular complexity index is 1790. The van der Waals surface area contributed by atoms with Crippen LogP contribution >= 0.6 is 0 Å². The minimum absolute atomic E-state index is 0.0400. The van der Waals surface area contributed by atoms with Gasteiger partial charge in [-0.15, -0.1) is 0 Å². The monoisotopic (exact) mass is 623 g/mol. The third-order valence-corrected chi connectivity index (χ3v) is 9.15. The van der Waals surface area contributed by atoms with Crippen molar-refractivity contribution in [2.45, 2.75) is 71.0 Å². The van der Waals surface area contributed by atoms with Crippen LogP contribution in [-0.2, 0) is 29.3 Å². The molecule has 46 heavy (non-hydrogen) atoms. The van der Waals surface area contributed by atoms with Gasteiger partial charge in [0.1, 0.15) is 17.5 Å². The summed E-state index contributed by atoms with van der Waals surface area (Å²) in [6, 6.07) is 19.5. The molecule has 238 valence electrons. The third kappa shape index (κ3) is 4.89. The van der Waals surface area contributed by atoms with Crippen LogP contribution in [0.1, 0.15) is 72.6 Å². The zero-order valence-corrected chi connectivity index (χ0v) is 26.8. The van der Waals surface area contributed by atoms with Crippen molar-refractivity contribution in [1.29, 1.82) is 0 Å². The van der Waals surface area contributed by atoms with Crippen molar-refractivity contribution in [2.75, 3.05) is 11.5 Å². The Kier molecular flexibility index (Phi) is 7.61. The van der Waals surface area contributed by atoms with E-state index in [9.17, 15) is 19.2 Å². The summed E-state index contributed by atoms with van der Waals surface area (Å²) in [6.07, 6.45) is -2.01. The fourth-order valence-electron chi connectivity index (χ4n) is 7.47. The Balaban J connectivity index is 1.65. The second-order valence-corrected chi connectivity index (χ2v) is 13.4. The van der Waals surface area contributed by atoms with Gasteiger partial charge in [0.25, 0.3) is 0 Å². The standard InChI is InChI=1S/C37H37NO8/c1-7-44-33(41)31(40)28-29(22-12-10-11-20(2)17-22)37(19-24-30(39)23-18-21(3)15-16-27(23)45-32(24)28)25-13-8-9-14-26(25)38(34(37)42)35(43)46-36(4,5)6/h8-18,24,28-29,32H,7,19H2,1-6H3/t24-,28+,29-,32-,37-/m0/s1. The van der Waals surface area contributed by atoms with Crippen molar-refractivity contribution >= 4 is 35.2 Å². The lowest BCUT2D eigenvalue weighted by atomic mass is 9.51. The number of imide groups is 1. The fourth-order valence-corrected chi connectivity index (χ4v) is 7.47. The number of carbonyl (C=O) groups is 5. The second-order valence-electron chi connectivity index (χ2n) is 13.4. The molecule has 2 amide bonds. The molecule has 1 aliphatic carbocycles. The van der Waals surface area contributed by atoms with Crippen LogP contribution in [0.5, 0.6) is 5.75 Å². The molecule has 5 atom stereocenters. The van der Waals surface area contributed by atoms with E-state index in [4.69, 9.17) is 14.2 Å². The number of ketones is 2. The lowest BCUT2D eigenvalue weighted by Gasteiger charge is -2.52. The number of rotatable bonds is 4. The molecule has 6 rings (SSSR count). The van der Waals surface area contributed by atoms with Crippen LogP contribution < -0.4 is 9.64 Å². The predicted molar refractivity (Wildman–Crippen MR) is 169 cm³/mol. The van der Waals surface area contributed by atoms with Gasteiger partial charge in [-0.25, -0.2) is 14.5 Å². The van der Waals surface area contributed by atoms with E-state index < -0.39 is 58.6 Å². The van der Waals surface area contributed by atoms with Crippen molar-refractivity contribution in [2.24, 2.45) is 11.8 Å². The highest BCUT2D eigenvalue weighted by Crippen LogP contribution is 2.61. The number of hydrogen-bond donors (Lipinski definition) is 0. The van der Waals surface area contributed by atoms with Crippen molar-refractivity contribution in [3.63, 3.8) is 0 Å². The largest absolute Gasteiger partial charge is 0.488 e. The topological polar surface area (TPSA) is 116 Å². The van der Waals surface area contributed by atoms with Gasteiger partial charge in [-0.3, -0.25) is 14.4 Å². The molecule has 1 fully saturated rings. The SMILES string of the molecule is CCOC(=O)C(=O)[C@@H]1[C@H]2Oc3ccc(C)cc3C(=O)[C@@H]2C[C@@]2(C(=O)N(C(=O)OC(C)(C)C)c3ccccc32)[C@H]1c1cccc(C)c1. The first-order valence-corrected chi connectivity index (χ1v) is 15.5. The molecular formula is C37H37NO8. The number of carbonyl (C=O) groups excluding carboxylic acids is 5. The number of nitrogens with zero attached hydrogens (tertiary/aromatic N) is 1. The summed E-state index contributed by atoms with van der Waals surface area (Å²) in [5.74, 6) is -5.89. The zero-order chi connectivity index (χ0) is 33.1. The summed E-state index contributed by atoms with van der Waals surface area (Å²) in [4.78, 5) is 72.0. The molecule has 0 aromatic heterocycles. The van der Waals surface area contributed by atoms with E-state index in [0.29, 0.717) is 28.1 Å². The number of para-hydroxylation sites is 1. The molecule has 1 saturated carbocycles. The molecular weight excluding hydrogens is 586 g/mol. The van der Waals surface area contributed by atoms with E-state index >= 15 is 4.79 Å². The van der Waals surface area contributed by atoms with E-state index in [1.807, 2.05) is 38.1 Å². The van der Waals surface area contributed by atoms with Gasteiger partial charge >= 0.3 is 12.1 Å². The number of anilines is 1. The van der Waals surface area contributed by atoms with Crippen LogP contribution in [0, 0.1) is 25.7 Å². The maximum Gasteiger partial charge on any atom is 0.421 e. The number of fused-ring (bicyclic) bond motifs is 4. The van der Waals surface area contributed by atoms with Crippen LogP contribution in [0.4, 0.5) is 10.5 Å². The molecule has 0 radical (unpaired) electrons. The second kappa shape index (κ2) is 11.2. The first kappa shape index (κ1) is 31.2. The first-order chi connectivity index (χ1) is 21.8. The van der Waals surface area contributed by atoms with E-state index in [-0.39, 0.29) is 18.8 Å². The maximum atomic E-state index is 15.1. The molecule has 0 N–H and O–H groups in total. The van der Waals surface area contributed by atoms with Gasteiger partial charge in [-0.2, -0.15) is 0 Å². The van der Waals surface area contributed by atoms with Crippen LogP contribution in [0.3, 0.4) is 0 Å². The third-order valence-electron chi connectivity index (χ3n) is 9.15. The highest BCUT2D eigenvalue weighted by atomic mass is 16.6. The normalized spacial score (nSPS) is 24.9. The quantitative estimate of drug-likeness (QED) is 0.256. The van der Waals surface area contributed by atoms with Gasteiger partial charge in [0.05, 0.1) is 35.1 Å². The lowest BCUT2D eigenvalue weighted by Crippen LogP contribution is -2.62. The molecule has 3 aliphatic rings. The predicted octanol–water partition coefficient (Wildman–Crippen LogP) is 6.02. The Labute approximate surface area is 267 Å². The number of ether oxygens (including phenoxy) is 3. The number of Topliss-reactive ketones (excluding diaryl/α,β-unsaturated/α-hetero) is 2. The summed E-state index contributed by atoms with van der Waals surface area (Å²) >= 11 is 0. The van der Waals surface area contributed by atoms with Crippen LogP contribution in [0.2, 0.25) is 0 Å². The summed E-state index contributed by atoms with van der Waals surface area (Å²) in [5, 5.41) is 0. The number of hydrogen-bond acceptors (Lipinski definition) is 8. The average Bonchev–Trinajstić information content (AvgIpc) is 3.24.